The van der Waals surface area contributed by atoms with Gasteiger partial charge in [-0.3, -0.25) is 0 Å². The Bertz CT molecular complexity index is 81.7. The molecule has 1 fully saturated rings. The van der Waals surface area contributed by atoms with Crippen LogP contribution in [-0.2, 0) is 0 Å². The van der Waals surface area contributed by atoms with Crippen molar-refractivity contribution in [2.24, 2.45) is 0 Å². The van der Waals surface area contributed by atoms with Gasteiger partial charge in [-0.2, -0.15) is 24.4 Å². The molecule has 3 heteroatoms. The molecule has 0 unspecified atom stereocenters. The number of nitrogens with one attached hydrogen (secondary N) is 1. The molecular formula is C7H15NS2. The van der Waals surface area contributed by atoms with E-state index in [0.29, 0.717) is 0 Å². The summed E-state index contributed by atoms with van der Waals surface area (Å²) in [4.78, 5) is 0. The minimum absolute atomic E-state index is 0.786. The smallest absolute Gasteiger partial charge is 0.00831 e. The average molecular weight is 177 g/mol. The van der Waals surface area contributed by atoms with E-state index in [2.05, 4.69) is 29.7 Å². The summed E-state index contributed by atoms with van der Waals surface area (Å²) in [5.74, 6) is 3.64. The van der Waals surface area contributed by atoms with E-state index in [0.717, 1.165) is 18.3 Å². The summed E-state index contributed by atoms with van der Waals surface area (Å²) in [6, 6.07) is 0.786. The highest BCUT2D eigenvalue weighted by Gasteiger charge is 2.11. The van der Waals surface area contributed by atoms with Gasteiger partial charge < -0.3 is 5.32 Å². The van der Waals surface area contributed by atoms with Crippen LogP contribution < -0.4 is 5.32 Å². The topological polar surface area (TPSA) is 12.0 Å². The Morgan fingerprint density at radius 1 is 1.40 bits per heavy atom. The lowest BCUT2D eigenvalue weighted by Crippen LogP contribution is -2.33. The predicted octanol–water partition coefficient (Wildman–Crippen LogP) is 1.40. The van der Waals surface area contributed by atoms with Crippen molar-refractivity contribution in [2.75, 3.05) is 23.8 Å². The molecule has 60 valence electrons. The highest BCUT2D eigenvalue weighted by molar-refractivity contribution is 7.99. The molecule has 0 spiro atoms. The van der Waals surface area contributed by atoms with Crippen LogP contribution in [0.5, 0.6) is 0 Å². The van der Waals surface area contributed by atoms with Crippen LogP contribution in [0.25, 0.3) is 0 Å². The zero-order valence-corrected chi connectivity index (χ0v) is 7.89. The van der Waals surface area contributed by atoms with Crippen LogP contribution in [0.3, 0.4) is 0 Å². The van der Waals surface area contributed by atoms with Crippen LogP contribution in [-0.4, -0.2) is 29.8 Å². The first kappa shape index (κ1) is 8.75. The van der Waals surface area contributed by atoms with E-state index in [-0.39, 0.29) is 0 Å². The van der Waals surface area contributed by atoms with E-state index in [1.54, 1.807) is 0 Å². The Morgan fingerprint density at radius 3 is 2.70 bits per heavy atom. The van der Waals surface area contributed by atoms with Gasteiger partial charge in [0.1, 0.15) is 0 Å². The molecule has 0 bridgehead atoms. The van der Waals surface area contributed by atoms with Crippen molar-refractivity contribution < 1.29 is 0 Å². The van der Waals surface area contributed by atoms with Gasteiger partial charge in [0.25, 0.3) is 0 Å². The third-order valence-electron chi connectivity index (χ3n) is 1.77. The maximum Gasteiger partial charge on any atom is 0.00831 e. The molecule has 0 radical (unpaired) electrons. The number of rotatable bonds is 3. The highest BCUT2D eigenvalue weighted by Crippen LogP contribution is 2.16. The number of hydrogen-bond donors (Lipinski definition) is 2. The van der Waals surface area contributed by atoms with E-state index < -0.39 is 0 Å². The standard InChI is InChI=1S/C7H15NS2/c9-4-3-8-7-1-5-10-6-2-7/h7-9H,1-6H2. The second-order valence-corrected chi connectivity index (χ2v) is 4.24. The molecule has 1 N–H and O–H groups in total. The molecule has 1 aliphatic rings. The Morgan fingerprint density at radius 2 is 2.10 bits per heavy atom. The fraction of sp³-hybridized carbons (Fsp3) is 1.00. The van der Waals surface area contributed by atoms with E-state index >= 15 is 0 Å². The number of hydrogen-bond acceptors (Lipinski definition) is 3. The van der Waals surface area contributed by atoms with Crippen LogP contribution >= 0.6 is 24.4 Å². The van der Waals surface area contributed by atoms with Crippen molar-refractivity contribution in [3.8, 4) is 0 Å². The van der Waals surface area contributed by atoms with Gasteiger partial charge in [-0.05, 0) is 24.3 Å². The third-order valence-corrected chi connectivity index (χ3v) is 3.04. The quantitative estimate of drug-likeness (QED) is 0.632. The molecule has 0 saturated carbocycles. The van der Waals surface area contributed by atoms with Crippen LogP contribution in [0.2, 0.25) is 0 Å². The molecule has 0 aromatic heterocycles. The molecule has 0 amide bonds. The molecule has 0 atom stereocenters. The Balaban J connectivity index is 2.02. The maximum atomic E-state index is 4.15. The van der Waals surface area contributed by atoms with Gasteiger partial charge in [0.2, 0.25) is 0 Å². The summed E-state index contributed by atoms with van der Waals surface area (Å²) >= 11 is 6.23. The Labute approximate surface area is 72.8 Å². The SMILES string of the molecule is SCCNC1CCSCC1. The predicted molar refractivity (Wildman–Crippen MR) is 52.2 cm³/mol. The van der Waals surface area contributed by atoms with Gasteiger partial charge >= 0.3 is 0 Å². The largest absolute Gasteiger partial charge is 0.313 e. The summed E-state index contributed by atoms with van der Waals surface area (Å²) in [6.45, 7) is 1.07. The Hall–Kier alpha value is 0.660. The second kappa shape index (κ2) is 5.33. The summed E-state index contributed by atoms with van der Waals surface area (Å²) in [5, 5.41) is 3.48. The van der Waals surface area contributed by atoms with E-state index in [9.17, 15) is 0 Å². The normalized spacial score (nSPS) is 21.3. The zero-order chi connectivity index (χ0) is 7.23. The van der Waals surface area contributed by atoms with Gasteiger partial charge in [-0.1, -0.05) is 0 Å². The lowest BCUT2D eigenvalue weighted by atomic mass is 10.1. The van der Waals surface area contributed by atoms with E-state index in [1.807, 2.05) is 0 Å². The van der Waals surface area contributed by atoms with Crippen molar-refractivity contribution in [1.29, 1.82) is 0 Å². The minimum atomic E-state index is 0.786. The molecule has 1 heterocycles. The van der Waals surface area contributed by atoms with Crippen molar-refractivity contribution in [3.63, 3.8) is 0 Å². The van der Waals surface area contributed by atoms with Gasteiger partial charge in [0.05, 0.1) is 0 Å². The first-order chi connectivity index (χ1) is 4.93. The third kappa shape index (κ3) is 3.17. The average Bonchev–Trinajstić information content (AvgIpc) is 2.03. The molecular weight excluding hydrogens is 162 g/mol. The second-order valence-electron chi connectivity index (χ2n) is 2.56. The molecule has 1 nitrogen and oxygen atoms in total. The lowest BCUT2D eigenvalue weighted by Gasteiger charge is -2.21. The zero-order valence-electron chi connectivity index (χ0n) is 6.18. The highest BCUT2D eigenvalue weighted by atomic mass is 32.2. The molecule has 0 aliphatic carbocycles. The first-order valence-corrected chi connectivity index (χ1v) is 5.64. The van der Waals surface area contributed by atoms with Crippen molar-refractivity contribution in [1.82, 2.24) is 5.32 Å². The molecule has 0 aromatic carbocycles. The van der Waals surface area contributed by atoms with Crippen LogP contribution in [0.4, 0.5) is 0 Å². The van der Waals surface area contributed by atoms with Crippen LogP contribution in [0.1, 0.15) is 12.8 Å². The fourth-order valence-electron chi connectivity index (χ4n) is 1.17. The summed E-state index contributed by atoms with van der Waals surface area (Å²) in [7, 11) is 0. The monoisotopic (exact) mass is 177 g/mol. The lowest BCUT2D eigenvalue weighted by molar-refractivity contribution is 0.499. The molecule has 1 rings (SSSR count). The van der Waals surface area contributed by atoms with Gasteiger partial charge in [0, 0.05) is 18.3 Å². The van der Waals surface area contributed by atoms with E-state index in [4.69, 9.17) is 0 Å². The van der Waals surface area contributed by atoms with Crippen LogP contribution in [0, 0.1) is 0 Å². The van der Waals surface area contributed by atoms with Gasteiger partial charge in [-0.15, -0.1) is 0 Å². The van der Waals surface area contributed by atoms with Crippen molar-refractivity contribution in [3.05, 3.63) is 0 Å². The van der Waals surface area contributed by atoms with Crippen LogP contribution in [0.15, 0.2) is 0 Å². The molecule has 1 aliphatic heterocycles. The molecule has 0 aromatic rings. The van der Waals surface area contributed by atoms with Crippen molar-refractivity contribution in [2.45, 2.75) is 18.9 Å². The molecule has 10 heavy (non-hydrogen) atoms. The Kier molecular flexibility index (Phi) is 4.66. The number of thiol groups is 1. The maximum absolute atomic E-state index is 4.15. The summed E-state index contributed by atoms with van der Waals surface area (Å²) in [5.41, 5.74) is 0. The summed E-state index contributed by atoms with van der Waals surface area (Å²) < 4.78 is 0. The van der Waals surface area contributed by atoms with Crippen molar-refractivity contribution >= 4 is 24.4 Å². The number of thioether (sulfide) groups is 1. The minimum Gasteiger partial charge on any atom is -0.313 e. The fourth-order valence-corrected chi connectivity index (χ4v) is 2.41. The summed E-state index contributed by atoms with van der Waals surface area (Å²) in [6.07, 6.45) is 2.69. The van der Waals surface area contributed by atoms with Gasteiger partial charge in [-0.25, -0.2) is 0 Å². The molecule has 1 saturated heterocycles. The first-order valence-electron chi connectivity index (χ1n) is 3.85. The van der Waals surface area contributed by atoms with E-state index in [1.165, 1.54) is 24.3 Å². The van der Waals surface area contributed by atoms with Gasteiger partial charge in [0.15, 0.2) is 0 Å².